The van der Waals surface area contributed by atoms with E-state index in [1.807, 2.05) is 24.3 Å². The Labute approximate surface area is 199 Å². The second-order valence-corrected chi connectivity index (χ2v) is 9.44. The summed E-state index contributed by atoms with van der Waals surface area (Å²) in [5.74, 6) is 2.50. The number of pyridine rings is 1. The molecule has 2 aliphatic rings. The standard InChI is InChI=1S/C23H22N4O4S.ClH/c1-30-14-4-5-17-15(9-14)16-11-26(10-13(16)12-31-17)7-8-27-22(28)21-20(25-23(27)29)19-18(32-21)3-2-6-24-19;/h2-6,9,13,16H,7-8,10-12H2,1H3,(H,25,29);1H/t13-,16-;/m1./s1. The molecule has 3 aromatic heterocycles. The lowest BCUT2D eigenvalue weighted by Crippen LogP contribution is -2.38. The van der Waals surface area contributed by atoms with Crippen molar-refractivity contribution in [3.05, 3.63) is 62.9 Å². The van der Waals surface area contributed by atoms with E-state index in [0.29, 0.717) is 47.3 Å². The maximum atomic E-state index is 13.1. The van der Waals surface area contributed by atoms with E-state index in [2.05, 4.69) is 20.9 Å². The van der Waals surface area contributed by atoms with Crippen LogP contribution in [0.2, 0.25) is 0 Å². The number of likely N-dealkylation sites (tertiary alicyclic amines) is 1. The molecule has 8 nitrogen and oxygen atoms in total. The third-order valence-electron chi connectivity index (χ3n) is 6.59. The smallest absolute Gasteiger partial charge is 0.328 e. The Balaban J connectivity index is 0.00000228. The van der Waals surface area contributed by atoms with Crippen LogP contribution >= 0.6 is 23.7 Å². The minimum absolute atomic E-state index is 0. The number of methoxy groups -OCH3 is 1. The van der Waals surface area contributed by atoms with Gasteiger partial charge in [0.15, 0.2) is 0 Å². The molecule has 0 amide bonds. The van der Waals surface area contributed by atoms with Gasteiger partial charge in [0.2, 0.25) is 0 Å². The molecule has 1 fully saturated rings. The average molecular weight is 487 g/mol. The molecule has 1 aromatic carbocycles. The highest BCUT2D eigenvalue weighted by Crippen LogP contribution is 2.42. The average Bonchev–Trinajstić information content (AvgIpc) is 3.40. The zero-order valence-electron chi connectivity index (χ0n) is 17.9. The Morgan fingerprint density at radius 2 is 2.12 bits per heavy atom. The predicted molar refractivity (Wildman–Crippen MR) is 130 cm³/mol. The largest absolute Gasteiger partial charge is 0.497 e. The van der Waals surface area contributed by atoms with Crippen LogP contribution in [0.25, 0.3) is 20.4 Å². The lowest BCUT2D eigenvalue weighted by atomic mass is 9.87. The number of nitrogens with one attached hydrogen (secondary N) is 1. The third-order valence-corrected chi connectivity index (χ3v) is 7.72. The van der Waals surface area contributed by atoms with Gasteiger partial charge >= 0.3 is 5.69 Å². The molecule has 172 valence electrons. The molecular weight excluding hydrogens is 464 g/mol. The number of ether oxygens (including phenoxy) is 2. The summed E-state index contributed by atoms with van der Waals surface area (Å²) in [6.07, 6.45) is 1.67. The van der Waals surface area contributed by atoms with Gasteiger partial charge in [-0.2, -0.15) is 0 Å². The molecule has 1 N–H and O–H groups in total. The van der Waals surface area contributed by atoms with Gasteiger partial charge in [0, 0.05) is 49.8 Å². The Morgan fingerprint density at radius 1 is 1.24 bits per heavy atom. The van der Waals surface area contributed by atoms with Crippen LogP contribution < -0.4 is 20.7 Å². The maximum Gasteiger partial charge on any atom is 0.328 e. The van der Waals surface area contributed by atoms with E-state index >= 15 is 0 Å². The van der Waals surface area contributed by atoms with Crippen molar-refractivity contribution in [3.63, 3.8) is 0 Å². The molecule has 0 spiro atoms. The number of aromatic nitrogens is 3. The van der Waals surface area contributed by atoms with Crippen molar-refractivity contribution in [2.45, 2.75) is 12.5 Å². The van der Waals surface area contributed by atoms with E-state index in [1.54, 1.807) is 13.3 Å². The van der Waals surface area contributed by atoms with Crippen molar-refractivity contribution >= 4 is 44.2 Å². The van der Waals surface area contributed by atoms with Gasteiger partial charge in [0.1, 0.15) is 21.7 Å². The van der Waals surface area contributed by atoms with Crippen LogP contribution in [-0.2, 0) is 6.54 Å². The summed E-state index contributed by atoms with van der Waals surface area (Å²) < 4.78 is 14.1. The van der Waals surface area contributed by atoms with E-state index < -0.39 is 0 Å². The van der Waals surface area contributed by atoms with Crippen LogP contribution in [0.4, 0.5) is 0 Å². The van der Waals surface area contributed by atoms with Crippen LogP contribution in [-0.4, -0.2) is 52.8 Å². The summed E-state index contributed by atoms with van der Waals surface area (Å²) >= 11 is 1.37. The van der Waals surface area contributed by atoms with Gasteiger partial charge < -0.3 is 19.4 Å². The first-order valence-electron chi connectivity index (χ1n) is 10.7. The van der Waals surface area contributed by atoms with E-state index in [-0.39, 0.29) is 23.7 Å². The first kappa shape index (κ1) is 21.9. The van der Waals surface area contributed by atoms with Crippen LogP contribution in [0, 0.1) is 5.92 Å². The number of thiophene rings is 1. The van der Waals surface area contributed by atoms with Gasteiger partial charge in [-0.1, -0.05) is 0 Å². The van der Waals surface area contributed by atoms with E-state index in [1.165, 1.54) is 21.5 Å². The maximum absolute atomic E-state index is 13.1. The van der Waals surface area contributed by atoms with Gasteiger partial charge in [-0.3, -0.25) is 14.3 Å². The molecule has 2 aliphatic heterocycles. The van der Waals surface area contributed by atoms with E-state index in [4.69, 9.17) is 9.47 Å². The molecule has 1 saturated heterocycles. The van der Waals surface area contributed by atoms with Crippen molar-refractivity contribution in [2.24, 2.45) is 5.92 Å². The third kappa shape index (κ3) is 3.60. The Morgan fingerprint density at radius 3 is 2.97 bits per heavy atom. The molecule has 10 heteroatoms. The van der Waals surface area contributed by atoms with Crippen molar-refractivity contribution in [1.82, 2.24) is 19.4 Å². The lowest BCUT2D eigenvalue weighted by molar-refractivity contribution is 0.211. The van der Waals surface area contributed by atoms with Crippen molar-refractivity contribution in [1.29, 1.82) is 0 Å². The first-order chi connectivity index (χ1) is 15.6. The van der Waals surface area contributed by atoms with Gasteiger partial charge in [0.05, 0.1) is 23.9 Å². The lowest BCUT2D eigenvalue weighted by Gasteiger charge is -2.28. The number of H-pyrrole nitrogens is 1. The highest BCUT2D eigenvalue weighted by atomic mass is 35.5. The summed E-state index contributed by atoms with van der Waals surface area (Å²) in [6.45, 7) is 3.40. The molecule has 4 aromatic rings. The zero-order chi connectivity index (χ0) is 21.8. The molecule has 5 heterocycles. The quantitative estimate of drug-likeness (QED) is 0.477. The Kier molecular flexibility index (Phi) is 5.64. The normalized spacial score (nSPS) is 19.7. The Bertz CT molecular complexity index is 1460. The summed E-state index contributed by atoms with van der Waals surface area (Å²) in [5, 5.41) is 0. The number of hydrogen-bond donors (Lipinski definition) is 1. The molecule has 6 rings (SSSR count). The van der Waals surface area contributed by atoms with Crippen molar-refractivity contribution in [2.75, 3.05) is 33.4 Å². The number of fused-ring (bicyclic) bond motifs is 6. The van der Waals surface area contributed by atoms with E-state index in [0.717, 1.165) is 29.3 Å². The highest BCUT2D eigenvalue weighted by molar-refractivity contribution is 7.25. The molecule has 33 heavy (non-hydrogen) atoms. The van der Waals surface area contributed by atoms with Gasteiger partial charge in [0.25, 0.3) is 5.56 Å². The SMILES string of the molecule is COc1ccc2c(c1)[C@@H]1CN(CCn3c(=O)[nH]c4c(sc5cccnc54)c3=O)C[C@@H]1CO2.Cl. The second kappa shape index (κ2) is 8.48. The number of halogens is 1. The second-order valence-electron chi connectivity index (χ2n) is 8.38. The summed E-state index contributed by atoms with van der Waals surface area (Å²) in [5.41, 5.74) is 1.75. The molecule has 0 bridgehead atoms. The van der Waals surface area contributed by atoms with Crippen LogP contribution in [0.1, 0.15) is 11.5 Å². The predicted octanol–water partition coefficient (Wildman–Crippen LogP) is 2.84. The van der Waals surface area contributed by atoms with Crippen LogP contribution in [0.3, 0.4) is 0 Å². The van der Waals surface area contributed by atoms with Gasteiger partial charge in [-0.15, -0.1) is 23.7 Å². The van der Waals surface area contributed by atoms with Gasteiger partial charge in [-0.25, -0.2) is 4.79 Å². The summed E-state index contributed by atoms with van der Waals surface area (Å²) in [4.78, 5) is 35.3. The minimum Gasteiger partial charge on any atom is -0.497 e. The number of nitrogens with zero attached hydrogens (tertiary/aromatic N) is 3. The Hall–Kier alpha value is -2.88. The number of rotatable bonds is 4. The van der Waals surface area contributed by atoms with Crippen molar-refractivity contribution in [3.8, 4) is 11.5 Å². The fourth-order valence-electron chi connectivity index (χ4n) is 4.97. The summed E-state index contributed by atoms with van der Waals surface area (Å²) in [6, 6.07) is 9.70. The first-order valence-corrected chi connectivity index (χ1v) is 11.5. The number of benzene rings is 1. The minimum atomic E-state index is -0.386. The fraction of sp³-hybridized carbons (Fsp3) is 0.348. The highest BCUT2D eigenvalue weighted by Gasteiger charge is 2.38. The van der Waals surface area contributed by atoms with Crippen LogP contribution in [0.15, 0.2) is 46.1 Å². The van der Waals surface area contributed by atoms with E-state index in [9.17, 15) is 9.59 Å². The van der Waals surface area contributed by atoms with Crippen molar-refractivity contribution < 1.29 is 9.47 Å². The zero-order valence-corrected chi connectivity index (χ0v) is 19.6. The summed E-state index contributed by atoms with van der Waals surface area (Å²) in [7, 11) is 1.67. The molecule has 0 unspecified atom stereocenters. The molecule has 0 radical (unpaired) electrons. The molecule has 2 atom stereocenters. The topological polar surface area (TPSA) is 89.5 Å². The molecular formula is C23H23ClN4O4S. The fourth-order valence-corrected chi connectivity index (χ4v) is 6.03. The van der Waals surface area contributed by atoms with Crippen LogP contribution in [0.5, 0.6) is 11.5 Å². The molecule has 0 aliphatic carbocycles. The van der Waals surface area contributed by atoms with Gasteiger partial charge in [-0.05, 0) is 30.3 Å². The number of hydrogen-bond acceptors (Lipinski definition) is 7. The monoisotopic (exact) mass is 486 g/mol. The molecule has 0 saturated carbocycles. The number of aromatic amines is 1.